The Bertz CT molecular complexity index is 629. The van der Waals surface area contributed by atoms with E-state index in [4.69, 9.17) is 12.6 Å². The first kappa shape index (κ1) is 15.9. The highest BCUT2D eigenvalue weighted by atomic mass is 32.1. The molecule has 0 saturated carbocycles. The molecule has 116 valence electrons. The molecule has 0 bridgehead atoms. The Morgan fingerprint density at radius 2 is 0.957 bits per heavy atom. The highest BCUT2D eigenvalue weighted by molar-refractivity contribution is 7.81. The van der Waals surface area contributed by atoms with Crippen molar-refractivity contribution < 1.29 is 5.11 Å². The molecule has 3 rings (SSSR count). The molecule has 3 aromatic rings. The molecule has 1 unspecified atom stereocenters. The van der Waals surface area contributed by atoms with Crippen molar-refractivity contribution in [2.45, 2.75) is 10.7 Å². The molecule has 0 fully saturated rings. The Morgan fingerprint density at radius 3 is 1.22 bits per heavy atom. The maximum absolute atomic E-state index is 9.98. The molecule has 0 aliphatic rings. The number of rotatable bonds is 5. The number of benzene rings is 3. The summed E-state index contributed by atoms with van der Waals surface area (Å²) in [5.74, 6) is 0. The lowest BCUT2D eigenvalue weighted by atomic mass is 9.67. The van der Waals surface area contributed by atoms with Crippen LogP contribution in [0, 0.1) is 0 Å². The average molecular weight is 320 g/mol. The minimum atomic E-state index is -0.498. The van der Waals surface area contributed by atoms with Crippen LogP contribution in [-0.2, 0) is 5.41 Å². The Labute approximate surface area is 143 Å². The van der Waals surface area contributed by atoms with Crippen molar-refractivity contribution in [3.8, 4) is 0 Å². The first-order valence-electron chi connectivity index (χ1n) is 7.75. The minimum Gasteiger partial charge on any atom is -0.395 e. The normalized spacial score (nSPS) is 12.8. The van der Waals surface area contributed by atoms with Crippen molar-refractivity contribution in [3.63, 3.8) is 0 Å². The summed E-state index contributed by atoms with van der Waals surface area (Å²) in [6, 6.07) is 30.9. The van der Waals surface area contributed by atoms with Gasteiger partial charge >= 0.3 is 0 Å². The zero-order chi connectivity index (χ0) is 16.1. The van der Waals surface area contributed by atoms with Crippen molar-refractivity contribution in [1.29, 1.82) is 0 Å². The van der Waals surface area contributed by atoms with Crippen LogP contribution in [-0.4, -0.2) is 17.0 Å². The first-order chi connectivity index (χ1) is 11.3. The SMILES string of the molecule is OCC(S)C(c1ccccc1)(c1ccccc1)c1ccccc1. The Kier molecular flexibility index (Phi) is 4.85. The second-order valence-electron chi connectivity index (χ2n) is 5.60. The van der Waals surface area contributed by atoms with Crippen molar-refractivity contribution >= 4 is 12.6 Å². The van der Waals surface area contributed by atoms with Gasteiger partial charge in [0.1, 0.15) is 0 Å². The molecule has 0 spiro atoms. The largest absolute Gasteiger partial charge is 0.395 e. The predicted octanol–water partition coefficient (Wildman–Crippen LogP) is 4.31. The van der Waals surface area contributed by atoms with E-state index < -0.39 is 5.41 Å². The zero-order valence-corrected chi connectivity index (χ0v) is 13.7. The number of hydrogen-bond donors (Lipinski definition) is 2. The van der Waals surface area contributed by atoms with Gasteiger partial charge in [-0.2, -0.15) is 12.6 Å². The smallest absolute Gasteiger partial charge is 0.0589 e. The van der Waals surface area contributed by atoms with Gasteiger partial charge in [-0.05, 0) is 16.7 Å². The fraction of sp³-hybridized carbons (Fsp3) is 0.143. The van der Waals surface area contributed by atoms with Gasteiger partial charge in [-0.25, -0.2) is 0 Å². The maximum Gasteiger partial charge on any atom is 0.0589 e. The van der Waals surface area contributed by atoms with Gasteiger partial charge in [-0.15, -0.1) is 0 Å². The van der Waals surface area contributed by atoms with Gasteiger partial charge in [0.05, 0.1) is 12.0 Å². The van der Waals surface area contributed by atoms with Crippen LogP contribution in [0.25, 0.3) is 0 Å². The van der Waals surface area contributed by atoms with Crippen LogP contribution in [0.5, 0.6) is 0 Å². The Morgan fingerprint density at radius 1 is 0.652 bits per heavy atom. The van der Waals surface area contributed by atoms with Crippen molar-refractivity contribution in [1.82, 2.24) is 0 Å². The summed E-state index contributed by atoms with van der Waals surface area (Å²) in [4.78, 5) is 0. The molecule has 1 nitrogen and oxygen atoms in total. The quantitative estimate of drug-likeness (QED) is 0.530. The van der Waals surface area contributed by atoms with Crippen LogP contribution >= 0.6 is 12.6 Å². The van der Waals surface area contributed by atoms with Gasteiger partial charge in [-0.1, -0.05) is 91.0 Å². The molecule has 23 heavy (non-hydrogen) atoms. The van der Waals surface area contributed by atoms with Gasteiger partial charge in [-0.3, -0.25) is 0 Å². The summed E-state index contributed by atoms with van der Waals surface area (Å²) in [6.45, 7) is -0.0121. The van der Waals surface area contributed by atoms with E-state index in [1.165, 1.54) is 0 Å². The zero-order valence-electron chi connectivity index (χ0n) is 12.8. The van der Waals surface area contributed by atoms with E-state index in [1.807, 2.05) is 54.6 Å². The molecule has 0 heterocycles. The molecule has 0 amide bonds. The Hall–Kier alpha value is -2.03. The third-order valence-corrected chi connectivity index (χ3v) is 4.91. The summed E-state index contributed by atoms with van der Waals surface area (Å²) in [5.41, 5.74) is 2.89. The molecular formula is C21H20OS. The molecular weight excluding hydrogens is 300 g/mol. The Balaban J connectivity index is 2.35. The standard InChI is InChI=1S/C21H20OS/c22-16-20(23)21(17-10-4-1-5-11-17,18-12-6-2-7-13-18)19-14-8-3-9-15-19/h1-15,20,22-23H,16H2. The second-order valence-corrected chi connectivity index (χ2v) is 6.23. The number of hydrogen-bond acceptors (Lipinski definition) is 2. The third-order valence-electron chi connectivity index (χ3n) is 4.36. The van der Waals surface area contributed by atoms with Gasteiger partial charge in [0.25, 0.3) is 0 Å². The maximum atomic E-state index is 9.98. The van der Waals surface area contributed by atoms with Gasteiger partial charge in [0, 0.05) is 5.25 Å². The lowest BCUT2D eigenvalue weighted by Gasteiger charge is -2.40. The van der Waals surface area contributed by atoms with E-state index in [0.29, 0.717) is 0 Å². The topological polar surface area (TPSA) is 20.2 Å². The summed E-state index contributed by atoms with van der Waals surface area (Å²) >= 11 is 4.79. The lowest BCUT2D eigenvalue weighted by Crippen LogP contribution is -2.41. The monoisotopic (exact) mass is 320 g/mol. The van der Waals surface area contributed by atoms with E-state index in [-0.39, 0.29) is 11.9 Å². The summed E-state index contributed by atoms with van der Waals surface area (Å²) < 4.78 is 0. The van der Waals surface area contributed by atoms with E-state index in [0.717, 1.165) is 16.7 Å². The molecule has 2 heteroatoms. The van der Waals surface area contributed by atoms with Crippen LogP contribution in [0.2, 0.25) is 0 Å². The number of thiol groups is 1. The predicted molar refractivity (Wildman–Crippen MR) is 99.1 cm³/mol. The fourth-order valence-corrected chi connectivity index (χ4v) is 3.76. The molecule has 0 saturated heterocycles. The van der Waals surface area contributed by atoms with Crippen LogP contribution in [0.1, 0.15) is 16.7 Å². The number of aliphatic hydroxyl groups excluding tert-OH is 1. The van der Waals surface area contributed by atoms with Crippen molar-refractivity contribution in [2.75, 3.05) is 6.61 Å². The molecule has 3 aromatic carbocycles. The summed E-state index contributed by atoms with van der Waals surface area (Å²) in [6.07, 6.45) is 0. The van der Waals surface area contributed by atoms with Crippen molar-refractivity contribution in [3.05, 3.63) is 108 Å². The molecule has 0 aliphatic carbocycles. The van der Waals surface area contributed by atoms with Gasteiger partial charge in [0.15, 0.2) is 0 Å². The second kappa shape index (κ2) is 7.03. The average Bonchev–Trinajstić information content (AvgIpc) is 2.65. The van der Waals surface area contributed by atoms with Gasteiger partial charge < -0.3 is 5.11 Å². The highest BCUT2D eigenvalue weighted by Crippen LogP contribution is 2.44. The molecule has 0 aromatic heterocycles. The summed E-state index contributed by atoms with van der Waals surface area (Å²) in [7, 11) is 0. The minimum absolute atomic E-state index is 0.0121. The van der Waals surface area contributed by atoms with Crippen LogP contribution < -0.4 is 0 Å². The number of aliphatic hydroxyl groups is 1. The lowest BCUT2D eigenvalue weighted by molar-refractivity contribution is 0.273. The summed E-state index contributed by atoms with van der Waals surface area (Å²) in [5, 5.41) is 9.72. The van der Waals surface area contributed by atoms with E-state index >= 15 is 0 Å². The van der Waals surface area contributed by atoms with Crippen LogP contribution in [0.3, 0.4) is 0 Å². The van der Waals surface area contributed by atoms with E-state index in [9.17, 15) is 5.11 Å². The third kappa shape index (κ3) is 2.80. The highest BCUT2D eigenvalue weighted by Gasteiger charge is 2.41. The molecule has 1 N–H and O–H groups in total. The van der Waals surface area contributed by atoms with Crippen LogP contribution in [0.4, 0.5) is 0 Å². The van der Waals surface area contributed by atoms with E-state index in [2.05, 4.69) is 36.4 Å². The van der Waals surface area contributed by atoms with Gasteiger partial charge in [0.2, 0.25) is 0 Å². The molecule has 1 atom stereocenters. The molecule has 0 aliphatic heterocycles. The first-order valence-corrected chi connectivity index (χ1v) is 8.27. The van der Waals surface area contributed by atoms with Crippen molar-refractivity contribution in [2.24, 2.45) is 0 Å². The van der Waals surface area contributed by atoms with Crippen LogP contribution in [0.15, 0.2) is 91.0 Å². The van der Waals surface area contributed by atoms with E-state index in [1.54, 1.807) is 0 Å². The molecule has 0 radical (unpaired) electrons. The fourth-order valence-electron chi connectivity index (χ4n) is 3.32.